The number of ether oxygens (including phenoxy) is 2. The van der Waals surface area contributed by atoms with E-state index in [4.69, 9.17) is 9.47 Å². The summed E-state index contributed by atoms with van der Waals surface area (Å²) in [5, 5.41) is 5.67. The normalized spacial score (nSPS) is 19.9. The summed E-state index contributed by atoms with van der Waals surface area (Å²) in [4.78, 5) is 41.6. The molecule has 3 rings (SSSR count). The van der Waals surface area contributed by atoms with Gasteiger partial charge in [-0.25, -0.2) is 9.59 Å². The van der Waals surface area contributed by atoms with Gasteiger partial charge in [0.15, 0.2) is 5.54 Å². The summed E-state index contributed by atoms with van der Waals surface area (Å²) in [5.41, 5.74) is -1.80. The smallest absolute Gasteiger partial charge is 0.408 e. The van der Waals surface area contributed by atoms with Crippen LogP contribution >= 0.6 is 0 Å². The van der Waals surface area contributed by atoms with Crippen molar-refractivity contribution in [2.75, 3.05) is 20.2 Å². The summed E-state index contributed by atoms with van der Waals surface area (Å²) in [6.45, 7) is 8.38. The van der Waals surface area contributed by atoms with E-state index in [9.17, 15) is 14.4 Å². The van der Waals surface area contributed by atoms with Crippen LogP contribution in [0.25, 0.3) is 0 Å². The predicted octanol–water partition coefficient (Wildman–Crippen LogP) is 3.36. The average Bonchev–Trinajstić information content (AvgIpc) is 3.21. The number of esters is 1. The van der Waals surface area contributed by atoms with E-state index in [1.165, 1.54) is 7.11 Å². The molecule has 8 heteroatoms. The number of methoxy groups -OCH3 is 1. The van der Waals surface area contributed by atoms with Crippen LogP contribution in [0.1, 0.15) is 45.2 Å². The highest BCUT2D eigenvalue weighted by molar-refractivity contribution is 5.95. The van der Waals surface area contributed by atoms with E-state index in [1.807, 2.05) is 36.4 Å². The van der Waals surface area contributed by atoms with Gasteiger partial charge in [-0.3, -0.25) is 9.69 Å². The lowest BCUT2D eigenvalue weighted by atomic mass is 9.88. The second-order valence-electron chi connectivity index (χ2n) is 10.1. The van der Waals surface area contributed by atoms with E-state index in [0.717, 1.165) is 5.56 Å². The highest BCUT2D eigenvalue weighted by atomic mass is 16.6. The number of nitrogens with zero attached hydrogens (tertiary/aromatic N) is 1. The first-order valence-corrected chi connectivity index (χ1v) is 11.7. The fraction of sp³-hybridized carbons (Fsp3) is 0.444. The number of carbonyl (C=O) groups excluding carboxylic acids is 3. The standard InChI is InChI=1S/C27H35N3O5/c1-25(2,3)35-24(33)29-26(4,21-14-10-7-11-15-21)22(31)28-27(23(32)34-5)16-17-30(19-27)18-20-12-8-6-9-13-20/h6-15H,16-19H2,1-5H3,(H,28,31)(H,29,33). The van der Waals surface area contributed by atoms with Gasteiger partial charge in [-0.2, -0.15) is 0 Å². The van der Waals surface area contributed by atoms with Crippen LogP contribution in [0.2, 0.25) is 0 Å². The highest BCUT2D eigenvalue weighted by Crippen LogP contribution is 2.28. The van der Waals surface area contributed by atoms with E-state index in [2.05, 4.69) is 15.5 Å². The number of likely N-dealkylation sites (tertiary alicyclic amines) is 1. The molecule has 1 saturated heterocycles. The minimum absolute atomic E-state index is 0.289. The quantitative estimate of drug-likeness (QED) is 0.589. The van der Waals surface area contributed by atoms with E-state index >= 15 is 0 Å². The molecule has 0 bridgehead atoms. The molecule has 188 valence electrons. The number of hydrogen-bond donors (Lipinski definition) is 2. The third-order valence-corrected chi connectivity index (χ3v) is 6.08. The van der Waals surface area contributed by atoms with Crippen molar-refractivity contribution < 1.29 is 23.9 Å². The van der Waals surface area contributed by atoms with Crippen LogP contribution < -0.4 is 10.6 Å². The number of benzene rings is 2. The molecule has 1 aliphatic heterocycles. The molecule has 0 saturated carbocycles. The van der Waals surface area contributed by atoms with Crippen LogP contribution in [0, 0.1) is 0 Å². The fourth-order valence-electron chi connectivity index (χ4n) is 4.26. The maximum absolute atomic E-state index is 13.8. The summed E-state index contributed by atoms with van der Waals surface area (Å²) in [5.74, 6) is -1.05. The summed E-state index contributed by atoms with van der Waals surface area (Å²) in [6, 6.07) is 18.8. The van der Waals surface area contributed by atoms with Gasteiger partial charge in [0.2, 0.25) is 0 Å². The maximum atomic E-state index is 13.8. The Kier molecular flexibility index (Phi) is 7.85. The van der Waals surface area contributed by atoms with Crippen molar-refractivity contribution in [2.24, 2.45) is 0 Å². The average molecular weight is 482 g/mol. The van der Waals surface area contributed by atoms with Gasteiger partial charge in [0.05, 0.1) is 7.11 Å². The summed E-state index contributed by atoms with van der Waals surface area (Å²) in [7, 11) is 1.31. The summed E-state index contributed by atoms with van der Waals surface area (Å²) in [6.07, 6.45) is -0.349. The van der Waals surface area contributed by atoms with Crippen molar-refractivity contribution in [3.05, 3.63) is 71.8 Å². The Labute approximate surface area is 207 Å². The number of hydrogen-bond acceptors (Lipinski definition) is 6. The van der Waals surface area contributed by atoms with Crippen LogP contribution in [-0.4, -0.2) is 54.2 Å². The molecule has 0 radical (unpaired) electrons. The Morgan fingerprint density at radius 3 is 2.14 bits per heavy atom. The molecule has 2 unspecified atom stereocenters. The molecule has 2 atom stereocenters. The predicted molar refractivity (Wildman–Crippen MR) is 132 cm³/mol. The van der Waals surface area contributed by atoms with Crippen molar-refractivity contribution in [3.8, 4) is 0 Å². The molecule has 8 nitrogen and oxygen atoms in total. The molecule has 0 spiro atoms. The Morgan fingerprint density at radius 2 is 1.57 bits per heavy atom. The molecule has 1 heterocycles. The molecular formula is C27H35N3O5. The third-order valence-electron chi connectivity index (χ3n) is 6.08. The lowest BCUT2D eigenvalue weighted by molar-refractivity contribution is -0.151. The van der Waals surface area contributed by atoms with E-state index in [1.54, 1.807) is 52.0 Å². The van der Waals surface area contributed by atoms with Gasteiger partial charge in [-0.05, 0) is 45.2 Å². The lowest BCUT2D eigenvalue weighted by Crippen LogP contribution is -2.64. The highest BCUT2D eigenvalue weighted by Gasteiger charge is 2.50. The zero-order chi connectivity index (χ0) is 25.7. The van der Waals surface area contributed by atoms with Crippen LogP contribution in [0.5, 0.6) is 0 Å². The molecule has 2 aromatic rings. The second-order valence-corrected chi connectivity index (χ2v) is 10.1. The second kappa shape index (κ2) is 10.5. The minimum Gasteiger partial charge on any atom is -0.467 e. The van der Waals surface area contributed by atoms with Gasteiger partial charge in [0.25, 0.3) is 5.91 Å². The van der Waals surface area contributed by atoms with Gasteiger partial charge in [-0.15, -0.1) is 0 Å². The van der Waals surface area contributed by atoms with Gasteiger partial charge in [0, 0.05) is 19.6 Å². The Balaban J connectivity index is 1.86. The molecule has 35 heavy (non-hydrogen) atoms. The molecule has 1 aliphatic rings. The van der Waals surface area contributed by atoms with Crippen molar-refractivity contribution in [2.45, 2.75) is 57.3 Å². The van der Waals surface area contributed by atoms with E-state index in [0.29, 0.717) is 25.1 Å². The number of carbonyl (C=O) groups is 3. The Hall–Kier alpha value is -3.39. The molecule has 0 aromatic heterocycles. The van der Waals surface area contributed by atoms with Crippen molar-refractivity contribution in [3.63, 3.8) is 0 Å². The molecule has 2 aromatic carbocycles. The SMILES string of the molecule is COC(=O)C1(NC(=O)C(C)(NC(=O)OC(C)(C)C)c2ccccc2)CCN(Cc2ccccc2)C1. The number of alkyl carbamates (subject to hydrolysis) is 1. The van der Waals surface area contributed by atoms with Crippen LogP contribution in [0.4, 0.5) is 4.79 Å². The number of amides is 2. The third kappa shape index (κ3) is 6.39. The van der Waals surface area contributed by atoms with Crippen molar-refractivity contribution >= 4 is 18.0 Å². The van der Waals surface area contributed by atoms with Crippen molar-refractivity contribution in [1.29, 1.82) is 0 Å². The number of rotatable bonds is 7. The Bertz CT molecular complexity index is 1040. The van der Waals surface area contributed by atoms with Gasteiger partial charge >= 0.3 is 12.1 Å². The lowest BCUT2D eigenvalue weighted by Gasteiger charge is -2.35. The van der Waals surface area contributed by atoms with Gasteiger partial charge < -0.3 is 20.1 Å². The molecule has 2 amide bonds. The van der Waals surface area contributed by atoms with Gasteiger partial charge in [-0.1, -0.05) is 60.7 Å². The van der Waals surface area contributed by atoms with Crippen LogP contribution in [-0.2, 0) is 31.1 Å². The topological polar surface area (TPSA) is 97.0 Å². The monoisotopic (exact) mass is 481 g/mol. The summed E-state index contributed by atoms with van der Waals surface area (Å²) < 4.78 is 10.5. The van der Waals surface area contributed by atoms with Crippen molar-refractivity contribution in [1.82, 2.24) is 15.5 Å². The van der Waals surface area contributed by atoms with Crippen LogP contribution in [0.15, 0.2) is 60.7 Å². The first kappa shape index (κ1) is 26.2. The molecule has 2 N–H and O–H groups in total. The van der Waals surface area contributed by atoms with E-state index < -0.39 is 34.6 Å². The molecule has 0 aliphatic carbocycles. The summed E-state index contributed by atoms with van der Waals surface area (Å²) >= 11 is 0. The first-order valence-electron chi connectivity index (χ1n) is 11.7. The fourth-order valence-corrected chi connectivity index (χ4v) is 4.26. The molecule has 1 fully saturated rings. The van der Waals surface area contributed by atoms with Crippen LogP contribution in [0.3, 0.4) is 0 Å². The number of nitrogens with one attached hydrogen (secondary N) is 2. The zero-order valence-electron chi connectivity index (χ0n) is 21.1. The minimum atomic E-state index is -1.49. The largest absolute Gasteiger partial charge is 0.467 e. The van der Waals surface area contributed by atoms with E-state index in [-0.39, 0.29) is 6.54 Å². The Morgan fingerprint density at radius 1 is 0.971 bits per heavy atom. The van der Waals surface area contributed by atoms with Gasteiger partial charge in [0.1, 0.15) is 11.1 Å². The molecular weight excluding hydrogens is 446 g/mol. The maximum Gasteiger partial charge on any atom is 0.408 e. The zero-order valence-corrected chi connectivity index (χ0v) is 21.1. The first-order chi connectivity index (χ1) is 16.5.